The van der Waals surface area contributed by atoms with Gasteiger partial charge in [0.1, 0.15) is 6.61 Å². The molecule has 100 valence electrons. The highest BCUT2D eigenvalue weighted by Crippen LogP contribution is 2.29. The van der Waals surface area contributed by atoms with E-state index in [9.17, 15) is 9.59 Å². The van der Waals surface area contributed by atoms with Crippen molar-refractivity contribution in [1.29, 1.82) is 0 Å². The van der Waals surface area contributed by atoms with Crippen molar-refractivity contribution < 1.29 is 19.4 Å². The molecule has 1 saturated heterocycles. The van der Waals surface area contributed by atoms with E-state index in [4.69, 9.17) is 9.84 Å². The third kappa shape index (κ3) is 2.76. The van der Waals surface area contributed by atoms with E-state index in [0.29, 0.717) is 18.7 Å². The van der Waals surface area contributed by atoms with Gasteiger partial charge < -0.3 is 14.7 Å². The molecule has 0 aliphatic carbocycles. The van der Waals surface area contributed by atoms with Crippen molar-refractivity contribution in [3.05, 3.63) is 48.0 Å². The highest BCUT2D eigenvalue weighted by Gasteiger charge is 2.34. The van der Waals surface area contributed by atoms with Gasteiger partial charge in [0, 0.05) is 19.0 Å². The second-order valence-electron chi connectivity index (χ2n) is 4.36. The number of nitrogens with zero attached hydrogens (tertiary/aromatic N) is 1. The van der Waals surface area contributed by atoms with Gasteiger partial charge in [0.05, 0.1) is 5.56 Å². The molecule has 1 aliphatic heterocycles. The Morgan fingerprint density at radius 2 is 2.11 bits per heavy atom. The predicted octanol–water partition coefficient (Wildman–Crippen LogP) is 2.11. The summed E-state index contributed by atoms with van der Waals surface area (Å²) in [5.74, 6) is -0.883. The molecule has 0 radical (unpaired) electrons. The Morgan fingerprint density at radius 1 is 1.42 bits per heavy atom. The molecular formula is C14H15NO4. The van der Waals surface area contributed by atoms with E-state index in [2.05, 4.69) is 6.58 Å². The number of carboxylic acids is 1. The molecule has 0 saturated carbocycles. The van der Waals surface area contributed by atoms with Gasteiger partial charge in [0.25, 0.3) is 0 Å². The first-order chi connectivity index (χ1) is 9.13. The lowest BCUT2D eigenvalue weighted by atomic mass is 9.88. The molecule has 0 aromatic heterocycles. The summed E-state index contributed by atoms with van der Waals surface area (Å²) in [6.45, 7) is 4.63. The second-order valence-corrected chi connectivity index (χ2v) is 4.36. The number of amides is 1. The van der Waals surface area contributed by atoms with Crippen molar-refractivity contribution >= 4 is 12.1 Å². The molecule has 0 bridgehead atoms. The third-order valence-corrected chi connectivity index (χ3v) is 3.10. The number of carbonyl (C=O) groups is 2. The summed E-state index contributed by atoms with van der Waals surface area (Å²) < 4.78 is 4.91. The van der Waals surface area contributed by atoms with Gasteiger partial charge in [-0.25, -0.2) is 9.59 Å². The summed E-state index contributed by atoms with van der Waals surface area (Å²) in [5.41, 5.74) is 1.06. The maximum absolute atomic E-state index is 11.5. The first-order valence-electron chi connectivity index (χ1n) is 5.98. The Kier molecular flexibility index (Phi) is 3.85. The maximum atomic E-state index is 11.5. The van der Waals surface area contributed by atoms with E-state index in [1.807, 2.05) is 0 Å². The molecule has 0 spiro atoms. The lowest BCUT2D eigenvalue weighted by Gasteiger charge is -2.38. The van der Waals surface area contributed by atoms with Crippen molar-refractivity contribution in [2.75, 3.05) is 19.7 Å². The summed E-state index contributed by atoms with van der Waals surface area (Å²) >= 11 is 0. The van der Waals surface area contributed by atoms with Gasteiger partial charge in [-0.3, -0.25) is 0 Å². The summed E-state index contributed by atoms with van der Waals surface area (Å²) in [6.07, 6.45) is 1.12. The van der Waals surface area contributed by atoms with Gasteiger partial charge in [-0.05, 0) is 11.6 Å². The number of carbonyl (C=O) groups excluding carboxylic acids is 1. The minimum atomic E-state index is -0.941. The topological polar surface area (TPSA) is 66.8 Å². The number of aromatic carboxylic acids is 1. The average molecular weight is 261 g/mol. The van der Waals surface area contributed by atoms with Crippen molar-refractivity contribution in [3.63, 3.8) is 0 Å². The Hall–Kier alpha value is -2.30. The van der Waals surface area contributed by atoms with Crippen LogP contribution >= 0.6 is 0 Å². The molecule has 0 atom stereocenters. The molecule has 5 heteroatoms. The van der Waals surface area contributed by atoms with Crippen LogP contribution < -0.4 is 0 Å². The van der Waals surface area contributed by atoms with E-state index in [1.54, 1.807) is 29.2 Å². The first-order valence-corrected chi connectivity index (χ1v) is 5.98. The molecule has 1 aromatic carbocycles. The standard InChI is InChI=1S/C14H15NO4/c1-2-7-19-14(18)15-8-10(9-15)11-5-3-4-6-12(11)13(16)17/h2-6,10H,1,7-9H2,(H,16,17). The Labute approximate surface area is 111 Å². The summed E-state index contributed by atoms with van der Waals surface area (Å²) in [5, 5.41) is 9.11. The highest BCUT2D eigenvalue weighted by molar-refractivity contribution is 5.89. The van der Waals surface area contributed by atoms with Crippen molar-refractivity contribution in [3.8, 4) is 0 Å². The monoisotopic (exact) mass is 261 g/mol. The lowest BCUT2D eigenvalue weighted by Crippen LogP contribution is -2.49. The molecule has 1 fully saturated rings. The summed E-state index contributed by atoms with van der Waals surface area (Å²) in [6, 6.07) is 6.87. The van der Waals surface area contributed by atoms with E-state index in [-0.39, 0.29) is 18.6 Å². The molecule has 1 amide bonds. The molecule has 2 rings (SSSR count). The molecular weight excluding hydrogens is 246 g/mol. The minimum Gasteiger partial charge on any atom is -0.478 e. The van der Waals surface area contributed by atoms with Gasteiger partial charge in [0.15, 0.2) is 0 Å². The van der Waals surface area contributed by atoms with Crippen LogP contribution in [-0.2, 0) is 4.74 Å². The first kappa shape index (κ1) is 13.1. The molecule has 1 aromatic rings. The zero-order valence-corrected chi connectivity index (χ0v) is 10.4. The number of benzene rings is 1. The van der Waals surface area contributed by atoms with Crippen LogP contribution in [0.5, 0.6) is 0 Å². The fraction of sp³-hybridized carbons (Fsp3) is 0.286. The zero-order valence-electron chi connectivity index (χ0n) is 10.4. The van der Waals surface area contributed by atoms with E-state index in [1.165, 1.54) is 6.08 Å². The quantitative estimate of drug-likeness (QED) is 0.843. The van der Waals surface area contributed by atoms with Crippen molar-refractivity contribution in [1.82, 2.24) is 4.90 Å². The average Bonchev–Trinajstić information content (AvgIpc) is 2.35. The summed E-state index contributed by atoms with van der Waals surface area (Å²) in [7, 11) is 0. The minimum absolute atomic E-state index is 0.0589. The number of likely N-dealkylation sites (tertiary alicyclic amines) is 1. The lowest BCUT2D eigenvalue weighted by molar-refractivity contribution is 0.0686. The molecule has 0 unspecified atom stereocenters. The van der Waals surface area contributed by atoms with E-state index < -0.39 is 5.97 Å². The van der Waals surface area contributed by atoms with E-state index in [0.717, 1.165) is 5.56 Å². The van der Waals surface area contributed by atoms with Crippen LogP contribution in [0.1, 0.15) is 21.8 Å². The van der Waals surface area contributed by atoms with Gasteiger partial charge >= 0.3 is 12.1 Å². The number of hydrogen-bond acceptors (Lipinski definition) is 3. The predicted molar refractivity (Wildman–Crippen MR) is 69.3 cm³/mol. The zero-order chi connectivity index (χ0) is 13.8. The van der Waals surface area contributed by atoms with Gasteiger partial charge in [-0.2, -0.15) is 0 Å². The fourth-order valence-electron chi connectivity index (χ4n) is 2.09. The number of ether oxygens (including phenoxy) is 1. The van der Waals surface area contributed by atoms with Crippen LogP contribution in [0, 0.1) is 0 Å². The Morgan fingerprint density at radius 3 is 2.74 bits per heavy atom. The largest absolute Gasteiger partial charge is 0.478 e. The molecule has 5 nitrogen and oxygen atoms in total. The molecule has 1 N–H and O–H groups in total. The fourth-order valence-corrected chi connectivity index (χ4v) is 2.09. The van der Waals surface area contributed by atoms with Crippen LogP contribution in [0.2, 0.25) is 0 Å². The summed E-state index contributed by atoms with van der Waals surface area (Å²) in [4.78, 5) is 24.2. The van der Waals surface area contributed by atoms with Crippen LogP contribution in [0.15, 0.2) is 36.9 Å². The molecule has 19 heavy (non-hydrogen) atoms. The normalized spacial score (nSPS) is 14.6. The van der Waals surface area contributed by atoms with Gasteiger partial charge in [-0.1, -0.05) is 30.9 Å². The number of carboxylic acid groups (broad SMARTS) is 1. The second kappa shape index (κ2) is 5.56. The Bertz CT molecular complexity index is 506. The van der Waals surface area contributed by atoms with Crippen LogP contribution in [0.4, 0.5) is 4.79 Å². The number of hydrogen-bond donors (Lipinski definition) is 1. The van der Waals surface area contributed by atoms with Crippen LogP contribution in [0.25, 0.3) is 0 Å². The Balaban J connectivity index is 1.99. The third-order valence-electron chi connectivity index (χ3n) is 3.10. The maximum Gasteiger partial charge on any atom is 0.410 e. The SMILES string of the molecule is C=CCOC(=O)N1CC(c2ccccc2C(=O)O)C1. The molecule has 1 heterocycles. The van der Waals surface area contributed by atoms with E-state index >= 15 is 0 Å². The number of rotatable bonds is 4. The smallest absolute Gasteiger partial charge is 0.410 e. The van der Waals surface area contributed by atoms with Gasteiger partial charge in [-0.15, -0.1) is 0 Å². The van der Waals surface area contributed by atoms with Crippen molar-refractivity contribution in [2.45, 2.75) is 5.92 Å². The van der Waals surface area contributed by atoms with Crippen molar-refractivity contribution in [2.24, 2.45) is 0 Å². The highest BCUT2D eigenvalue weighted by atomic mass is 16.6. The van der Waals surface area contributed by atoms with Gasteiger partial charge in [0.2, 0.25) is 0 Å². The molecule has 1 aliphatic rings. The van der Waals surface area contributed by atoms with Crippen LogP contribution in [0.3, 0.4) is 0 Å². The van der Waals surface area contributed by atoms with Crippen LogP contribution in [-0.4, -0.2) is 41.8 Å².